The van der Waals surface area contributed by atoms with Crippen molar-refractivity contribution in [2.45, 2.75) is 65.0 Å². The second kappa shape index (κ2) is 7.74. The van der Waals surface area contributed by atoms with Crippen molar-refractivity contribution in [1.82, 2.24) is 15.0 Å². The van der Waals surface area contributed by atoms with Crippen molar-refractivity contribution in [2.24, 2.45) is 5.92 Å². The number of aliphatic hydroxyl groups is 1. The largest absolute Gasteiger partial charge is 0.396 e. The number of likely N-dealkylation sites (tertiary alicyclic amines) is 1. The van der Waals surface area contributed by atoms with E-state index in [2.05, 4.69) is 28.9 Å². The van der Waals surface area contributed by atoms with Crippen LogP contribution in [0.15, 0.2) is 4.52 Å². The predicted molar refractivity (Wildman–Crippen MR) is 77.2 cm³/mol. The highest BCUT2D eigenvalue weighted by Crippen LogP contribution is 2.23. The van der Waals surface area contributed by atoms with Crippen molar-refractivity contribution < 1.29 is 9.63 Å². The molecule has 2 rings (SSSR count). The highest BCUT2D eigenvalue weighted by Gasteiger charge is 2.25. The van der Waals surface area contributed by atoms with Crippen LogP contribution in [-0.2, 0) is 13.0 Å². The first-order valence-corrected chi connectivity index (χ1v) is 7.85. The fourth-order valence-corrected chi connectivity index (χ4v) is 2.80. The summed E-state index contributed by atoms with van der Waals surface area (Å²) in [6.07, 6.45) is 6.38. The van der Waals surface area contributed by atoms with Gasteiger partial charge in [0.1, 0.15) is 0 Å². The number of nitrogens with zero attached hydrogens (tertiary/aromatic N) is 3. The topological polar surface area (TPSA) is 62.4 Å². The Hall–Kier alpha value is -0.940. The molecule has 0 aliphatic carbocycles. The summed E-state index contributed by atoms with van der Waals surface area (Å²) in [5, 5.41) is 13.0. The first kappa shape index (κ1) is 15.4. The van der Waals surface area contributed by atoms with Crippen LogP contribution in [0.4, 0.5) is 0 Å². The van der Waals surface area contributed by atoms with E-state index in [1.807, 2.05) is 0 Å². The predicted octanol–water partition coefficient (Wildman–Crippen LogP) is 2.40. The highest BCUT2D eigenvalue weighted by molar-refractivity contribution is 4.89. The molecular formula is C15H27N3O2. The second-order valence-electron chi connectivity index (χ2n) is 6.17. The van der Waals surface area contributed by atoms with Crippen LogP contribution in [0.2, 0.25) is 0 Å². The van der Waals surface area contributed by atoms with Crippen LogP contribution in [0.5, 0.6) is 0 Å². The van der Waals surface area contributed by atoms with E-state index < -0.39 is 0 Å². The number of rotatable bonds is 8. The van der Waals surface area contributed by atoms with Gasteiger partial charge in [-0.15, -0.1) is 0 Å². The molecule has 2 heterocycles. The van der Waals surface area contributed by atoms with E-state index in [9.17, 15) is 0 Å². The maximum Gasteiger partial charge on any atom is 0.240 e. The van der Waals surface area contributed by atoms with Crippen LogP contribution in [-0.4, -0.2) is 39.3 Å². The minimum absolute atomic E-state index is 0.282. The molecule has 1 saturated heterocycles. The minimum atomic E-state index is 0.282. The molecule has 0 saturated carbocycles. The summed E-state index contributed by atoms with van der Waals surface area (Å²) in [4.78, 5) is 6.90. The van der Waals surface area contributed by atoms with E-state index >= 15 is 0 Å². The first-order chi connectivity index (χ1) is 9.69. The molecule has 1 aliphatic rings. The average Bonchev–Trinajstić information content (AvgIpc) is 3.04. The molecule has 1 unspecified atom stereocenters. The van der Waals surface area contributed by atoms with Gasteiger partial charge in [-0.3, -0.25) is 4.90 Å². The van der Waals surface area contributed by atoms with Crippen LogP contribution in [0, 0.1) is 5.92 Å². The van der Waals surface area contributed by atoms with E-state index in [0.29, 0.717) is 12.0 Å². The lowest BCUT2D eigenvalue weighted by atomic mass is 10.1. The molecule has 0 aromatic carbocycles. The van der Waals surface area contributed by atoms with Gasteiger partial charge in [0.15, 0.2) is 5.82 Å². The van der Waals surface area contributed by atoms with E-state index in [1.165, 1.54) is 12.8 Å². The standard InChI is InChI=1S/C15H27N3O2/c1-12(2)7-8-14-16-15(20-17-14)11-18-9-3-5-13(18)6-4-10-19/h12-13,19H,3-11H2,1-2H3. The molecule has 0 spiro atoms. The summed E-state index contributed by atoms with van der Waals surface area (Å²) in [6, 6.07) is 0.563. The van der Waals surface area contributed by atoms with Crippen molar-refractivity contribution in [3.63, 3.8) is 0 Å². The maximum absolute atomic E-state index is 8.95. The number of hydrogen-bond donors (Lipinski definition) is 1. The third-order valence-electron chi connectivity index (χ3n) is 3.99. The molecule has 1 aliphatic heterocycles. The van der Waals surface area contributed by atoms with Crippen molar-refractivity contribution in [1.29, 1.82) is 0 Å². The molecule has 1 aromatic rings. The summed E-state index contributed by atoms with van der Waals surface area (Å²) in [5.41, 5.74) is 0. The lowest BCUT2D eigenvalue weighted by Gasteiger charge is -2.22. The maximum atomic E-state index is 8.95. The molecular weight excluding hydrogens is 254 g/mol. The van der Waals surface area contributed by atoms with Crippen molar-refractivity contribution in [3.05, 3.63) is 11.7 Å². The number of aromatic nitrogens is 2. The van der Waals surface area contributed by atoms with Gasteiger partial charge in [0.2, 0.25) is 5.89 Å². The van der Waals surface area contributed by atoms with E-state index in [-0.39, 0.29) is 6.61 Å². The van der Waals surface area contributed by atoms with E-state index in [4.69, 9.17) is 9.63 Å². The molecule has 1 atom stereocenters. The Morgan fingerprint density at radius 3 is 3.05 bits per heavy atom. The average molecular weight is 281 g/mol. The zero-order valence-electron chi connectivity index (χ0n) is 12.7. The normalized spacial score (nSPS) is 20.1. The van der Waals surface area contributed by atoms with Crippen molar-refractivity contribution >= 4 is 0 Å². The minimum Gasteiger partial charge on any atom is -0.396 e. The van der Waals surface area contributed by atoms with Gasteiger partial charge >= 0.3 is 0 Å². The molecule has 5 nitrogen and oxygen atoms in total. The molecule has 1 N–H and O–H groups in total. The highest BCUT2D eigenvalue weighted by atomic mass is 16.5. The zero-order valence-corrected chi connectivity index (χ0v) is 12.7. The molecule has 1 aromatic heterocycles. The Bertz CT molecular complexity index is 392. The Morgan fingerprint density at radius 1 is 1.45 bits per heavy atom. The monoisotopic (exact) mass is 281 g/mol. The smallest absolute Gasteiger partial charge is 0.240 e. The van der Waals surface area contributed by atoms with Crippen LogP contribution < -0.4 is 0 Å². The van der Waals surface area contributed by atoms with Gasteiger partial charge < -0.3 is 9.63 Å². The zero-order chi connectivity index (χ0) is 14.4. The Kier molecular flexibility index (Phi) is 5.98. The lowest BCUT2D eigenvalue weighted by Crippen LogP contribution is -2.29. The van der Waals surface area contributed by atoms with Gasteiger partial charge in [-0.25, -0.2) is 0 Å². The number of aryl methyl sites for hydroxylation is 1. The van der Waals surface area contributed by atoms with Crippen LogP contribution in [0.1, 0.15) is 57.7 Å². The molecule has 0 amide bonds. The summed E-state index contributed by atoms with van der Waals surface area (Å²) < 4.78 is 5.36. The Morgan fingerprint density at radius 2 is 2.30 bits per heavy atom. The first-order valence-electron chi connectivity index (χ1n) is 7.85. The molecule has 20 heavy (non-hydrogen) atoms. The number of aliphatic hydroxyl groups excluding tert-OH is 1. The molecule has 0 radical (unpaired) electrons. The van der Waals surface area contributed by atoms with Crippen LogP contribution in [0.25, 0.3) is 0 Å². The number of hydrogen-bond acceptors (Lipinski definition) is 5. The lowest BCUT2D eigenvalue weighted by molar-refractivity contribution is 0.188. The third-order valence-corrected chi connectivity index (χ3v) is 3.99. The van der Waals surface area contributed by atoms with Gasteiger partial charge in [-0.2, -0.15) is 4.98 Å². The van der Waals surface area contributed by atoms with Crippen molar-refractivity contribution in [3.8, 4) is 0 Å². The van der Waals surface area contributed by atoms with Gasteiger partial charge in [0.25, 0.3) is 0 Å². The quantitative estimate of drug-likeness (QED) is 0.792. The molecule has 1 fully saturated rings. The van der Waals surface area contributed by atoms with Gasteiger partial charge in [0, 0.05) is 19.1 Å². The van der Waals surface area contributed by atoms with Crippen LogP contribution >= 0.6 is 0 Å². The fraction of sp³-hybridized carbons (Fsp3) is 0.867. The summed E-state index contributed by atoms with van der Waals surface area (Å²) >= 11 is 0. The van der Waals surface area contributed by atoms with E-state index in [0.717, 1.165) is 50.5 Å². The molecule has 114 valence electrons. The Labute approximate surface area is 121 Å². The van der Waals surface area contributed by atoms with Gasteiger partial charge in [-0.05, 0) is 44.6 Å². The Balaban J connectivity index is 1.83. The summed E-state index contributed by atoms with van der Waals surface area (Å²) in [6.45, 7) is 6.54. The van der Waals surface area contributed by atoms with Gasteiger partial charge in [-0.1, -0.05) is 19.0 Å². The van der Waals surface area contributed by atoms with Gasteiger partial charge in [0.05, 0.1) is 6.54 Å². The fourth-order valence-electron chi connectivity index (χ4n) is 2.80. The molecule has 0 bridgehead atoms. The van der Waals surface area contributed by atoms with Crippen LogP contribution in [0.3, 0.4) is 0 Å². The van der Waals surface area contributed by atoms with E-state index in [1.54, 1.807) is 0 Å². The summed E-state index contributed by atoms with van der Waals surface area (Å²) in [5.74, 6) is 2.23. The second-order valence-corrected chi connectivity index (χ2v) is 6.17. The SMILES string of the molecule is CC(C)CCc1noc(CN2CCCC2CCCO)n1. The van der Waals surface area contributed by atoms with Crippen molar-refractivity contribution in [2.75, 3.05) is 13.2 Å². The molecule has 5 heteroatoms. The third kappa shape index (κ3) is 4.56. The summed E-state index contributed by atoms with van der Waals surface area (Å²) in [7, 11) is 0.